The number of aliphatic hydroxyl groups excluding tert-OH is 1. The van der Waals surface area contributed by atoms with E-state index in [1.807, 2.05) is 27.2 Å². The van der Waals surface area contributed by atoms with Crippen LogP contribution in [0.4, 0.5) is 0 Å². The van der Waals surface area contributed by atoms with Crippen molar-refractivity contribution in [3.05, 3.63) is 48.6 Å². The second kappa shape index (κ2) is 47.5. The number of carbonyl (C=O) groups excluding carboxylic acids is 1. The van der Waals surface area contributed by atoms with E-state index in [0.29, 0.717) is 17.4 Å². The summed E-state index contributed by atoms with van der Waals surface area (Å²) in [4.78, 5) is 25.4. The first-order valence-electron chi connectivity index (χ1n) is 27.5. The fraction of sp³-hybridized carbons (Fsp3) is 0.839. The molecule has 3 unspecified atom stereocenters. The van der Waals surface area contributed by atoms with Crippen LogP contribution in [0.15, 0.2) is 48.6 Å². The van der Waals surface area contributed by atoms with Gasteiger partial charge in [0.25, 0.3) is 7.82 Å². The van der Waals surface area contributed by atoms with E-state index in [9.17, 15) is 19.4 Å². The molecule has 0 saturated carbocycles. The monoisotopic (exact) mass is 935 g/mol. The smallest absolute Gasteiger partial charge is 0.268 e. The van der Waals surface area contributed by atoms with Gasteiger partial charge in [-0.15, -0.1) is 0 Å². The molecule has 0 saturated heterocycles. The van der Waals surface area contributed by atoms with Gasteiger partial charge in [0.05, 0.1) is 39.9 Å². The third kappa shape index (κ3) is 50.2. The van der Waals surface area contributed by atoms with Crippen LogP contribution in [0.25, 0.3) is 0 Å². The molecule has 2 N–H and O–H groups in total. The Morgan fingerprint density at radius 3 is 1.25 bits per heavy atom. The Morgan fingerprint density at radius 2 is 0.862 bits per heavy atom. The standard InChI is InChI=1S/C56H107N2O6P/c1-6-8-10-12-14-16-18-20-22-24-26-28-29-30-31-33-35-37-39-41-43-45-47-49-55(59)54(53-64-65(61,62)63-52-51-58(3,4)5)57-56(60)50-48-46-44-42-40-38-36-34-32-27-25-23-21-19-17-15-13-11-9-7-2/h27,31-33,39,41,47,49,54-55,59H,6-26,28-30,34-38,40,42-46,48,50-53H2,1-5H3,(H-,57,60,61,62)/b32-27-,33-31+,41-39+,49-47+. The number of phosphoric ester groups is 1. The first-order chi connectivity index (χ1) is 31.5. The van der Waals surface area contributed by atoms with E-state index in [1.54, 1.807) is 6.08 Å². The fourth-order valence-electron chi connectivity index (χ4n) is 7.89. The lowest BCUT2D eigenvalue weighted by atomic mass is 10.0. The molecule has 0 aromatic carbocycles. The van der Waals surface area contributed by atoms with Crippen LogP contribution in [0.3, 0.4) is 0 Å². The van der Waals surface area contributed by atoms with Crippen LogP contribution in [0.2, 0.25) is 0 Å². The molecule has 0 heterocycles. The predicted molar refractivity (Wildman–Crippen MR) is 279 cm³/mol. The Hall–Kier alpha value is -1.54. The van der Waals surface area contributed by atoms with Crippen molar-refractivity contribution in [1.29, 1.82) is 0 Å². The summed E-state index contributed by atoms with van der Waals surface area (Å²) in [6.07, 6.45) is 61.8. The van der Waals surface area contributed by atoms with Crippen LogP contribution in [0.5, 0.6) is 0 Å². The highest BCUT2D eigenvalue weighted by atomic mass is 31.2. The zero-order chi connectivity index (χ0) is 47.8. The van der Waals surface area contributed by atoms with Gasteiger partial charge in [0.1, 0.15) is 13.2 Å². The minimum atomic E-state index is -4.61. The average Bonchev–Trinajstić information content (AvgIpc) is 3.26. The molecule has 8 nitrogen and oxygen atoms in total. The lowest BCUT2D eigenvalue weighted by molar-refractivity contribution is -0.870. The number of amides is 1. The number of aliphatic hydroxyl groups is 1. The van der Waals surface area contributed by atoms with Crippen molar-refractivity contribution in [3.63, 3.8) is 0 Å². The fourth-order valence-corrected chi connectivity index (χ4v) is 8.61. The number of nitrogens with one attached hydrogen (secondary N) is 1. The van der Waals surface area contributed by atoms with Crippen molar-refractivity contribution >= 4 is 13.7 Å². The highest BCUT2D eigenvalue weighted by molar-refractivity contribution is 7.45. The molecule has 1 amide bonds. The lowest BCUT2D eigenvalue weighted by Gasteiger charge is -2.29. The summed E-state index contributed by atoms with van der Waals surface area (Å²) >= 11 is 0. The number of nitrogens with zero attached hydrogens (tertiary/aromatic N) is 1. The minimum Gasteiger partial charge on any atom is -0.756 e. The molecule has 0 aromatic heterocycles. The third-order valence-corrected chi connectivity index (χ3v) is 13.2. The van der Waals surface area contributed by atoms with Gasteiger partial charge in [-0.05, 0) is 70.6 Å². The molecular weight excluding hydrogens is 828 g/mol. The summed E-state index contributed by atoms with van der Waals surface area (Å²) in [6, 6.07) is -0.913. The van der Waals surface area contributed by atoms with Gasteiger partial charge in [0, 0.05) is 6.42 Å². The van der Waals surface area contributed by atoms with Gasteiger partial charge in [-0.3, -0.25) is 9.36 Å². The van der Waals surface area contributed by atoms with Crippen LogP contribution in [0, 0.1) is 0 Å². The number of phosphoric acid groups is 1. The normalized spacial score (nSPS) is 14.4. The van der Waals surface area contributed by atoms with Gasteiger partial charge in [0.15, 0.2) is 0 Å². The van der Waals surface area contributed by atoms with Gasteiger partial charge in [-0.25, -0.2) is 0 Å². The SMILES string of the molecule is CCCCCCCCCCC/C=C\CCCCCCCCCC(=O)NC(COP(=O)([O-])OCC[N+](C)(C)C)C(O)/C=C/CC/C=C/CC/C=C/CCCCCCCCCCCCCCC. The maximum atomic E-state index is 12.9. The van der Waals surface area contributed by atoms with Gasteiger partial charge in [0.2, 0.25) is 5.91 Å². The largest absolute Gasteiger partial charge is 0.756 e. The first-order valence-corrected chi connectivity index (χ1v) is 29.0. The summed E-state index contributed by atoms with van der Waals surface area (Å²) in [5.41, 5.74) is 0. The van der Waals surface area contributed by atoms with E-state index in [0.717, 1.165) is 44.9 Å². The molecule has 382 valence electrons. The average molecular weight is 935 g/mol. The van der Waals surface area contributed by atoms with E-state index in [2.05, 4.69) is 55.6 Å². The number of quaternary nitrogens is 1. The number of likely N-dealkylation sites (N-methyl/N-ethyl adjacent to an activating group) is 1. The Labute approximate surface area is 403 Å². The molecule has 9 heteroatoms. The molecule has 0 aliphatic rings. The number of hydrogen-bond acceptors (Lipinski definition) is 6. The van der Waals surface area contributed by atoms with Crippen LogP contribution in [-0.2, 0) is 18.4 Å². The van der Waals surface area contributed by atoms with Crippen molar-refractivity contribution in [1.82, 2.24) is 5.32 Å². The summed E-state index contributed by atoms with van der Waals surface area (Å²) in [5, 5.41) is 13.8. The van der Waals surface area contributed by atoms with Crippen molar-refractivity contribution in [2.45, 2.75) is 264 Å². The lowest BCUT2D eigenvalue weighted by Crippen LogP contribution is -2.45. The molecule has 0 radical (unpaired) electrons. The molecule has 0 rings (SSSR count). The van der Waals surface area contributed by atoms with E-state index in [-0.39, 0.29) is 12.5 Å². The van der Waals surface area contributed by atoms with Crippen molar-refractivity contribution in [2.75, 3.05) is 40.9 Å². The molecular formula is C56H107N2O6P. The van der Waals surface area contributed by atoms with Crippen LogP contribution >= 0.6 is 7.82 Å². The Morgan fingerprint density at radius 1 is 0.523 bits per heavy atom. The van der Waals surface area contributed by atoms with Gasteiger partial charge >= 0.3 is 0 Å². The second-order valence-corrected chi connectivity index (χ2v) is 21.3. The van der Waals surface area contributed by atoms with Crippen LogP contribution < -0.4 is 10.2 Å². The molecule has 0 bridgehead atoms. The summed E-state index contributed by atoms with van der Waals surface area (Å²) in [6.45, 7) is 4.64. The number of unbranched alkanes of at least 4 members (excludes halogenated alkanes) is 31. The molecule has 0 aliphatic carbocycles. The Kier molecular flexibility index (Phi) is 46.4. The predicted octanol–water partition coefficient (Wildman–Crippen LogP) is 15.7. The molecule has 3 atom stereocenters. The topological polar surface area (TPSA) is 108 Å². The van der Waals surface area contributed by atoms with E-state index in [4.69, 9.17) is 9.05 Å². The maximum absolute atomic E-state index is 12.9. The number of allylic oxidation sites excluding steroid dienone is 7. The van der Waals surface area contributed by atoms with Crippen molar-refractivity contribution in [2.24, 2.45) is 0 Å². The Balaban J connectivity index is 4.34. The molecule has 0 spiro atoms. The summed E-state index contributed by atoms with van der Waals surface area (Å²) in [5.74, 6) is -0.215. The minimum absolute atomic E-state index is 0.0104. The zero-order valence-electron chi connectivity index (χ0n) is 43.4. The summed E-state index contributed by atoms with van der Waals surface area (Å²) < 4.78 is 23.3. The highest BCUT2D eigenvalue weighted by Crippen LogP contribution is 2.38. The van der Waals surface area contributed by atoms with Crippen LogP contribution in [-0.4, -0.2) is 68.5 Å². The molecule has 0 aromatic rings. The van der Waals surface area contributed by atoms with Crippen LogP contribution in [0.1, 0.15) is 251 Å². The van der Waals surface area contributed by atoms with Crippen molar-refractivity contribution in [3.8, 4) is 0 Å². The molecule has 65 heavy (non-hydrogen) atoms. The number of hydrogen-bond donors (Lipinski definition) is 2. The zero-order valence-corrected chi connectivity index (χ0v) is 44.3. The maximum Gasteiger partial charge on any atom is 0.268 e. The van der Waals surface area contributed by atoms with Crippen molar-refractivity contribution < 1.29 is 32.9 Å². The van der Waals surface area contributed by atoms with Gasteiger partial charge < -0.3 is 28.8 Å². The first kappa shape index (κ1) is 63.5. The number of carbonyl (C=O) groups is 1. The molecule has 0 fully saturated rings. The summed E-state index contributed by atoms with van der Waals surface area (Å²) in [7, 11) is 1.23. The van der Waals surface area contributed by atoms with E-state index >= 15 is 0 Å². The van der Waals surface area contributed by atoms with E-state index < -0.39 is 26.6 Å². The Bertz CT molecular complexity index is 1200. The number of rotatable bonds is 50. The van der Waals surface area contributed by atoms with Gasteiger partial charge in [-0.2, -0.15) is 0 Å². The second-order valence-electron chi connectivity index (χ2n) is 19.9. The van der Waals surface area contributed by atoms with E-state index in [1.165, 1.54) is 186 Å². The quantitative estimate of drug-likeness (QED) is 0.0272. The highest BCUT2D eigenvalue weighted by Gasteiger charge is 2.23. The third-order valence-electron chi connectivity index (χ3n) is 12.2. The molecule has 0 aliphatic heterocycles. The van der Waals surface area contributed by atoms with Gasteiger partial charge in [-0.1, -0.05) is 223 Å².